The Morgan fingerprint density at radius 3 is 2.04 bits per heavy atom. The largest absolute Gasteiger partial charge is 0.299 e. The van der Waals surface area contributed by atoms with Gasteiger partial charge in [-0.05, 0) is 28.8 Å². The van der Waals surface area contributed by atoms with E-state index in [1.807, 2.05) is 79.0 Å². The van der Waals surface area contributed by atoms with Crippen molar-refractivity contribution in [2.24, 2.45) is 0 Å². The molecule has 0 aliphatic rings. The maximum Gasteiger partial charge on any atom is 0.143 e. The van der Waals surface area contributed by atoms with E-state index in [0.717, 1.165) is 33.5 Å². The van der Waals surface area contributed by atoms with Crippen LogP contribution >= 0.6 is 0 Å². The molecule has 2 heterocycles. The summed E-state index contributed by atoms with van der Waals surface area (Å²) in [6.07, 6.45) is 5.96. The average molecular weight is 365 g/mol. The number of ketones is 1. The second-order valence-corrected chi connectivity index (χ2v) is 6.62. The third-order valence-corrected chi connectivity index (χ3v) is 4.58. The van der Waals surface area contributed by atoms with Gasteiger partial charge in [-0.2, -0.15) is 10.2 Å². The van der Waals surface area contributed by atoms with Gasteiger partial charge in [0.1, 0.15) is 5.78 Å². The third kappa shape index (κ3) is 4.35. The van der Waals surface area contributed by atoms with Crippen LogP contribution < -0.4 is 0 Å². The quantitative estimate of drug-likeness (QED) is 0.503. The molecule has 2 aromatic heterocycles. The molecule has 0 amide bonds. The first-order valence-corrected chi connectivity index (χ1v) is 9.16. The Balaban J connectivity index is 1.38. The average Bonchev–Trinajstić information content (AvgIpc) is 2.76. The molecule has 28 heavy (non-hydrogen) atoms. The molecule has 4 nitrogen and oxygen atoms in total. The molecule has 4 aromatic rings. The number of aromatic nitrogens is 3. The molecule has 4 rings (SSSR count). The molecule has 0 unspecified atom stereocenters. The van der Waals surface area contributed by atoms with E-state index in [-0.39, 0.29) is 5.78 Å². The van der Waals surface area contributed by atoms with Crippen molar-refractivity contribution in [3.8, 4) is 22.3 Å². The van der Waals surface area contributed by atoms with Crippen molar-refractivity contribution in [1.29, 1.82) is 0 Å². The molecule has 0 radical (unpaired) electrons. The molecule has 0 saturated carbocycles. The normalized spacial score (nSPS) is 10.6. The lowest BCUT2D eigenvalue weighted by molar-refractivity contribution is -0.117. The van der Waals surface area contributed by atoms with Crippen LogP contribution in [0.5, 0.6) is 0 Å². The summed E-state index contributed by atoms with van der Waals surface area (Å²) < 4.78 is 0. The summed E-state index contributed by atoms with van der Waals surface area (Å²) in [5.41, 5.74) is 6.04. The zero-order chi connectivity index (χ0) is 19.2. The fourth-order valence-corrected chi connectivity index (χ4v) is 3.10. The van der Waals surface area contributed by atoms with Crippen LogP contribution in [0, 0.1) is 0 Å². The summed E-state index contributed by atoms with van der Waals surface area (Å²) in [7, 11) is 0. The minimum absolute atomic E-state index is 0.151. The first-order valence-electron chi connectivity index (χ1n) is 9.16. The van der Waals surface area contributed by atoms with Crippen molar-refractivity contribution >= 4 is 5.78 Å². The molecule has 2 aromatic carbocycles. The molecule has 0 N–H and O–H groups in total. The molecular weight excluding hydrogens is 346 g/mol. The minimum atomic E-state index is 0.151. The molecule has 0 aliphatic heterocycles. The van der Waals surface area contributed by atoms with E-state index in [1.165, 1.54) is 0 Å². The van der Waals surface area contributed by atoms with E-state index in [2.05, 4.69) is 15.2 Å². The van der Waals surface area contributed by atoms with E-state index in [9.17, 15) is 4.79 Å². The topological polar surface area (TPSA) is 55.7 Å². The van der Waals surface area contributed by atoms with E-state index in [0.29, 0.717) is 12.8 Å². The van der Waals surface area contributed by atoms with E-state index in [1.54, 1.807) is 12.4 Å². The highest BCUT2D eigenvalue weighted by atomic mass is 16.1. The third-order valence-electron chi connectivity index (χ3n) is 4.58. The summed E-state index contributed by atoms with van der Waals surface area (Å²) >= 11 is 0. The molecule has 136 valence electrons. The first-order chi connectivity index (χ1) is 13.8. The second kappa shape index (κ2) is 8.35. The molecule has 0 fully saturated rings. The fraction of sp³-hybridized carbons (Fsp3) is 0.0833. The molecule has 0 atom stereocenters. The Kier molecular flexibility index (Phi) is 5.29. The molecule has 0 bridgehead atoms. The Hall–Kier alpha value is -3.66. The predicted molar refractivity (Wildman–Crippen MR) is 110 cm³/mol. The van der Waals surface area contributed by atoms with Crippen LogP contribution in [0.15, 0.2) is 91.4 Å². The molecular formula is C24H19N3O. The zero-order valence-electron chi connectivity index (χ0n) is 15.3. The predicted octanol–water partition coefficient (Wildman–Crippen LogP) is 4.56. The number of hydrogen-bond donors (Lipinski definition) is 0. The second-order valence-electron chi connectivity index (χ2n) is 6.62. The van der Waals surface area contributed by atoms with Crippen LogP contribution in [0.2, 0.25) is 0 Å². The smallest absolute Gasteiger partial charge is 0.143 e. The molecule has 0 spiro atoms. The van der Waals surface area contributed by atoms with Crippen LogP contribution in [0.4, 0.5) is 0 Å². The maximum atomic E-state index is 12.4. The number of nitrogens with zero attached hydrogens (tertiary/aromatic N) is 3. The van der Waals surface area contributed by atoms with Gasteiger partial charge in [0.2, 0.25) is 0 Å². The number of pyridine rings is 1. The van der Waals surface area contributed by atoms with Crippen LogP contribution in [0.3, 0.4) is 0 Å². The van der Waals surface area contributed by atoms with Crippen LogP contribution in [-0.4, -0.2) is 21.0 Å². The molecule has 0 aliphatic carbocycles. The lowest BCUT2D eigenvalue weighted by atomic mass is 10.0. The number of rotatable bonds is 6. The number of benzene rings is 2. The summed E-state index contributed by atoms with van der Waals surface area (Å²) in [5.74, 6) is 0.151. The lowest BCUT2D eigenvalue weighted by Crippen LogP contribution is -2.07. The summed E-state index contributed by atoms with van der Waals surface area (Å²) in [4.78, 5) is 16.9. The highest BCUT2D eigenvalue weighted by Gasteiger charge is 2.08. The van der Waals surface area contributed by atoms with Crippen LogP contribution in [-0.2, 0) is 17.6 Å². The van der Waals surface area contributed by atoms with Crippen molar-refractivity contribution < 1.29 is 4.79 Å². The Bertz CT molecular complexity index is 958. The van der Waals surface area contributed by atoms with Crippen molar-refractivity contribution in [1.82, 2.24) is 15.2 Å². The van der Waals surface area contributed by atoms with Gasteiger partial charge < -0.3 is 0 Å². The molecule has 0 saturated heterocycles. The van der Waals surface area contributed by atoms with Crippen molar-refractivity contribution in [2.75, 3.05) is 0 Å². The van der Waals surface area contributed by atoms with Crippen molar-refractivity contribution in [3.05, 3.63) is 103 Å². The van der Waals surface area contributed by atoms with Gasteiger partial charge in [-0.1, -0.05) is 60.7 Å². The van der Waals surface area contributed by atoms with E-state index < -0.39 is 0 Å². The first kappa shape index (κ1) is 17.7. The van der Waals surface area contributed by atoms with E-state index >= 15 is 0 Å². The van der Waals surface area contributed by atoms with Crippen molar-refractivity contribution in [3.63, 3.8) is 0 Å². The Labute approximate surface area is 163 Å². The van der Waals surface area contributed by atoms with Crippen molar-refractivity contribution in [2.45, 2.75) is 12.8 Å². The highest BCUT2D eigenvalue weighted by Crippen LogP contribution is 2.19. The lowest BCUT2D eigenvalue weighted by Gasteiger charge is -2.05. The maximum absolute atomic E-state index is 12.4. The Morgan fingerprint density at radius 1 is 0.643 bits per heavy atom. The number of carbonyl (C=O) groups excluding carboxylic acids is 1. The van der Waals surface area contributed by atoms with Crippen LogP contribution in [0.25, 0.3) is 22.3 Å². The Morgan fingerprint density at radius 2 is 1.36 bits per heavy atom. The standard InChI is InChI=1S/C24H19N3O/c28-24(14-18-6-8-20(9-7-18)22-12-13-26-27-17-22)15-23-11-10-21(16-25-23)19-4-2-1-3-5-19/h1-13,16-17H,14-15H2. The molecule has 4 heteroatoms. The van der Waals surface area contributed by atoms with Gasteiger partial charge in [-0.25, -0.2) is 0 Å². The highest BCUT2D eigenvalue weighted by molar-refractivity contribution is 5.83. The number of Topliss-reactive ketones (excluding diaryl/α,β-unsaturated/α-hetero) is 1. The summed E-state index contributed by atoms with van der Waals surface area (Å²) in [6, 6.07) is 23.9. The zero-order valence-corrected chi connectivity index (χ0v) is 15.3. The fourth-order valence-electron chi connectivity index (χ4n) is 3.10. The van der Waals surface area contributed by atoms with Gasteiger partial charge in [0.05, 0.1) is 12.4 Å². The van der Waals surface area contributed by atoms with Gasteiger partial charge in [-0.15, -0.1) is 0 Å². The van der Waals surface area contributed by atoms with Gasteiger partial charge in [-0.3, -0.25) is 9.78 Å². The summed E-state index contributed by atoms with van der Waals surface area (Å²) in [5, 5.41) is 7.68. The number of carbonyl (C=O) groups is 1. The van der Waals surface area contributed by atoms with Gasteiger partial charge in [0, 0.05) is 35.9 Å². The van der Waals surface area contributed by atoms with Crippen LogP contribution in [0.1, 0.15) is 11.3 Å². The summed E-state index contributed by atoms with van der Waals surface area (Å²) in [6.45, 7) is 0. The van der Waals surface area contributed by atoms with E-state index in [4.69, 9.17) is 0 Å². The SMILES string of the molecule is O=C(Cc1ccc(-c2ccnnc2)cc1)Cc1ccc(-c2ccccc2)cn1. The minimum Gasteiger partial charge on any atom is -0.299 e. The number of hydrogen-bond acceptors (Lipinski definition) is 4. The van der Waals surface area contributed by atoms with Gasteiger partial charge in [0.25, 0.3) is 0 Å². The van der Waals surface area contributed by atoms with Gasteiger partial charge >= 0.3 is 0 Å². The van der Waals surface area contributed by atoms with Gasteiger partial charge in [0.15, 0.2) is 0 Å². The monoisotopic (exact) mass is 365 g/mol.